The van der Waals surface area contributed by atoms with Crippen LogP contribution >= 0.6 is 11.3 Å². The highest BCUT2D eigenvalue weighted by Crippen LogP contribution is 2.26. The number of amides is 1. The van der Waals surface area contributed by atoms with Crippen LogP contribution in [0.2, 0.25) is 0 Å². The van der Waals surface area contributed by atoms with Crippen LogP contribution in [0.15, 0.2) is 40.8 Å². The molecule has 5 heteroatoms. The fourth-order valence-electron chi connectivity index (χ4n) is 1.93. The van der Waals surface area contributed by atoms with Crippen molar-refractivity contribution in [2.45, 2.75) is 13.8 Å². The van der Waals surface area contributed by atoms with E-state index in [0.29, 0.717) is 10.9 Å². The highest BCUT2D eigenvalue weighted by Gasteiger charge is 2.06. The molecule has 2 aromatic heterocycles. The van der Waals surface area contributed by atoms with Gasteiger partial charge in [0.2, 0.25) is 5.91 Å². The number of hydrogen-bond acceptors (Lipinski definition) is 4. The molecule has 3 aromatic rings. The van der Waals surface area contributed by atoms with Crippen LogP contribution in [0.1, 0.15) is 17.1 Å². The second-order valence-corrected chi connectivity index (χ2v) is 5.79. The number of nitrogens with one attached hydrogen (secondary N) is 1. The van der Waals surface area contributed by atoms with E-state index in [9.17, 15) is 4.79 Å². The first kappa shape index (κ1) is 13.6. The Morgan fingerprint density at radius 1 is 1.29 bits per heavy atom. The van der Waals surface area contributed by atoms with Crippen LogP contribution in [-0.4, -0.2) is 10.9 Å². The lowest BCUT2D eigenvalue weighted by Gasteiger charge is -1.94. The molecule has 0 aliphatic rings. The van der Waals surface area contributed by atoms with E-state index in [1.165, 1.54) is 23.0 Å². The topological polar surface area (TPSA) is 55.1 Å². The first-order chi connectivity index (χ1) is 10.1. The van der Waals surface area contributed by atoms with Gasteiger partial charge in [-0.15, -0.1) is 0 Å². The van der Waals surface area contributed by atoms with Crippen LogP contribution < -0.4 is 5.32 Å². The Hall–Kier alpha value is -2.40. The molecule has 0 aliphatic carbocycles. The van der Waals surface area contributed by atoms with E-state index in [1.807, 2.05) is 38.1 Å². The lowest BCUT2D eigenvalue weighted by Crippen LogP contribution is -2.07. The van der Waals surface area contributed by atoms with Gasteiger partial charge in [0.05, 0.1) is 10.2 Å². The second kappa shape index (κ2) is 5.54. The fraction of sp³-hybridized carbons (Fsp3) is 0.125. The van der Waals surface area contributed by atoms with E-state index < -0.39 is 0 Å². The molecule has 0 saturated carbocycles. The Morgan fingerprint density at radius 3 is 2.90 bits per heavy atom. The molecule has 0 unspecified atom stereocenters. The van der Waals surface area contributed by atoms with Gasteiger partial charge in [-0.3, -0.25) is 10.1 Å². The fourth-order valence-corrected chi connectivity index (χ4v) is 2.90. The van der Waals surface area contributed by atoms with Gasteiger partial charge in [-0.1, -0.05) is 17.4 Å². The molecule has 0 aliphatic heterocycles. The molecule has 1 amide bonds. The first-order valence-corrected chi connectivity index (χ1v) is 7.34. The zero-order chi connectivity index (χ0) is 14.8. The minimum atomic E-state index is -0.222. The van der Waals surface area contributed by atoms with Crippen molar-refractivity contribution >= 4 is 38.7 Å². The molecule has 21 heavy (non-hydrogen) atoms. The third-order valence-corrected chi connectivity index (χ3v) is 3.87. The van der Waals surface area contributed by atoms with E-state index in [0.717, 1.165) is 16.0 Å². The van der Waals surface area contributed by atoms with Gasteiger partial charge in [-0.05, 0) is 49.8 Å². The SMILES string of the molecule is Cc1ccc2nc(NC(=O)/C=C/c3ccc(C)o3)sc2c1. The first-order valence-electron chi connectivity index (χ1n) is 6.53. The molecule has 106 valence electrons. The third kappa shape index (κ3) is 3.20. The maximum atomic E-state index is 11.9. The number of rotatable bonds is 3. The Labute approximate surface area is 126 Å². The third-order valence-electron chi connectivity index (χ3n) is 2.93. The Kier molecular flexibility index (Phi) is 3.58. The van der Waals surface area contributed by atoms with Crippen LogP contribution in [0, 0.1) is 13.8 Å². The van der Waals surface area contributed by atoms with E-state index in [4.69, 9.17) is 4.42 Å². The molecule has 0 radical (unpaired) electrons. The summed E-state index contributed by atoms with van der Waals surface area (Å²) in [5.41, 5.74) is 2.07. The predicted octanol–water partition coefficient (Wildman–Crippen LogP) is 4.16. The summed E-state index contributed by atoms with van der Waals surface area (Å²) in [4.78, 5) is 16.2. The van der Waals surface area contributed by atoms with Crippen LogP contribution in [0.4, 0.5) is 5.13 Å². The second-order valence-electron chi connectivity index (χ2n) is 4.76. The zero-order valence-corrected chi connectivity index (χ0v) is 12.5. The van der Waals surface area contributed by atoms with Crippen LogP contribution in [0.3, 0.4) is 0 Å². The summed E-state index contributed by atoms with van der Waals surface area (Å²) in [5, 5.41) is 3.37. The molecular formula is C16H14N2O2S. The molecule has 3 rings (SSSR count). The van der Waals surface area contributed by atoms with Gasteiger partial charge in [0.1, 0.15) is 11.5 Å². The summed E-state index contributed by atoms with van der Waals surface area (Å²) >= 11 is 1.47. The number of anilines is 1. The molecule has 1 aromatic carbocycles. The molecule has 0 bridgehead atoms. The molecule has 0 fully saturated rings. The molecule has 0 saturated heterocycles. The number of fused-ring (bicyclic) bond motifs is 1. The van der Waals surface area contributed by atoms with Crippen molar-refractivity contribution in [3.8, 4) is 0 Å². The van der Waals surface area contributed by atoms with Gasteiger partial charge < -0.3 is 4.42 Å². The number of thiazole rings is 1. The molecular weight excluding hydrogens is 284 g/mol. The normalized spacial score (nSPS) is 11.3. The van der Waals surface area contributed by atoms with Crippen molar-refractivity contribution in [2.24, 2.45) is 0 Å². The van der Waals surface area contributed by atoms with Crippen molar-refractivity contribution in [1.29, 1.82) is 0 Å². The van der Waals surface area contributed by atoms with Gasteiger partial charge in [0.15, 0.2) is 5.13 Å². The van der Waals surface area contributed by atoms with E-state index in [1.54, 1.807) is 6.08 Å². The zero-order valence-electron chi connectivity index (χ0n) is 11.7. The van der Waals surface area contributed by atoms with Crippen molar-refractivity contribution < 1.29 is 9.21 Å². The largest absolute Gasteiger partial charge is 0.462 e. The number of hydrogen-bond donors (Lipinski definition) is 1. The highest BCUT2D eigenvalue weighted by atomic mass is 32.1. The maximum absolute atomic E-state index is 11.9. The minimum absolute atomic E-state index is 0.222. The van der Waals surface area contributed by atoms with Gasteiger partial charge in [-0.25, -0.2) is 4.98 Å². The minimum Gasteiger partial charge on any atom is -0.462 e. The van der Waals surface area contributed by atoms with Gasteiger partial charge >= 0.3 is 0 Å². The molecule has 2 heterocycles. The number of aryl methyl sites for hydroxylation is 2. The standard InChI is InChI=1S/C16H14N2O2S/c1-10-3-7-13-14(9-10)21-16(17-13)18-15(19)8-6-12-5-4-11(2)20-12/h3-9H,1-2H3,(H,17,18,19)/b8-6+. The van der Waals surface area contributed by atoms with Crippen molar-refractivity contribution in [2.75, 3.05) is 5.32 Å². The summed E-state index contributed by atoms with van der Waals surface area (Å²) in [6, 6.07) is 9.70. The average Bonchev–Trinajstić information content (AvgIpc) is 3.01. The lowest BCUT2D eigenvalue weighted by molar-refractivity contribution is -0.111. The Balaban J connectivity index is 1.72. The number of nitrogens with zero attached hydrogens (tertiary/aromatic N) is 1. The summed E-state index contributed by atoms with van der Waals surface area (Å²) < 4.78 is 6.43. The summed E-state index contributed by atoms with van der Waals surface area (Å²) in [7, 11) is 0. The smallest absolute Gasteiger partial charge is 0.250 e. The number of carbonyl (C=O) groups excluding carboxylic acids is 1. The van der Waals surface area contributed by atoms with Gasteiger partial charge in [0, 0.05) is 6.08 Å². The maximum Gasteiger partial charge on any atom is 0.250 e. The van der Waals surface area contributed by atoms with Crippen LogP contribution in [-0.2, 0) is 4.79 Å². The Morgan fingerprint density at radius 2 is 2.14 bits per heavy atom. The molecule has 4 nitrogen and oxygen atoms in total. The number of benzene rings is 1. The van der Waals surface area contributed by atoms with Crippen molar-refractivity contribution in [1.82, 2.24) is 4.98 Å². The van der Waals surface area contributed by atoms with E-state index >= 15 is 0 Å². The highest BCUT2D eigenvalue weighted by molar-refractivity contribution is 7.22. The van der Waals surface area contributed by atoms with Gasteiger partial charge in [-0.2, -0.15) is 0 Å². The summed E-state index contributed by atoms with van der Waals surface area (Å²) in [6.07, 6.45) is 3.08. The number of aromatic nitrogens is 1. The summed E-state index contributed by atoms with van der Waals surface area (Å²) in [6.45, 7) is 3.89. The van der Waals surface area contributed by atoms with Gasteiger partial charge in [0.25, 0.3) is 0 Å². The molecule has 0 spiro atoms. The Bertz CT molecular complexity index is 830. The van der Waals surface area contributed by atoms with Crippen LogP contribution in [0.25, 0.3) is 16.3 Å². The quantitative estimate of drug-likeness (QED) is 0.739. The number of furan rings is 1. The number of carbonyl (C=O) groups is 1. The summed E-state index contributed by atoms with van der Waals surface area (Å²) in [5.74, 6) is 1.25. The van der Waals surface area contributed by atoms with Crippen molar-refractivity contribution in [3.63, 3.8) is 0 Å². The average molecular weight is 298 g/mol. The van der Waals surface area contributed by atoms with Crippen molar-refractivity contribution in [3.05, 3.63) is 53.5 Å². The van der Waals surface area contributed by atoms with E-state index in [2.05, 4.69) is 16.4 Å². The predicted molar refractivity (Wildman–Crippen MR) is 85.5 cm³/mol. The lowest BCUT2D eigenvalue weighted by atomic mass is 10.2. The molecule has 1 N–H and O–H groups in total. The molecule has 0 atom stereocenters. The monoisotopic (exact) mass is 298 g/mol. The van der Waals surface area contributed by atoms with E-state index in [-0.39, 0.29) is 5.91 Å². The van der Waals surface area contributed by atoms with Crippen LogP contribution in [0.5, 0.6) is 0 Å².